The van der Waals surface area contributed by atoms with Crippen molar-refractivity contribution in [2.45, 2.75) is 30.9 Å². The standard InChI is InChI=1S/C13H18BrNO2/c14-11-3-1-9(2-4-11)10-5-12(6-10)15-7-13(17)8-16/h1-4,10,12-13,15-17H,5-8H2. The number of rotatable bonds is 5. The maximum absolute atomic E-state index is 9.22. The molecule has 17 heavy (non-hydrogen) atoms. The molecule has 0 radical (unpaired) electrons. The van der Waals surface area contributed by atoms with Gasteiger partial charge in [-0.25, -0.2) is 0 Å². The molecule has 1 atom stereocenters. The second-order valence-corrected chi connectivity index (χ2v) is 5.58. The smallest absolute Gasteiger partial charge is 0.0895 e. The van der Waals surface area contributed by atoms with Crippen LogP contribution in [0.25, 0.3) is 0 Å². The van der Waals surface area contributed by atoms with Crippen LogP contribution in [0.1, 0.15) is 24.3 Å². The van der Waals surface area contributed by atoms with Crippen molar-refractivity contribution in [3.05, 3.63) is 34.3 Å². The summed E-state index contributed by atoms with van der Waals surface area (Å²) in [5.41, 5.74) is 1.38. The van der Waals surface area contributed by atoms with Gasteiger partial charge in [0.2, 0.25) is 0 Å². The van der Waals surface area contributed by atoms with Crippen molar-refractivity contribution in [2.75, 3.05) is 13.2 Å². The lowest BCUT2D eigenvalue weighted by atomic mass is 9.76. The SMILES string of the molecule is OCC(O)CNC1CC(c2ccc(Br)cc2)C1. The summed E-state index contributed by atoms with van der Waals surface area (Å²) in [6.45, 7) is 0.310. The van der Waals surface area contributed by atoms with E-state index in [2.05, 4.69) is 45.5 Å². The van der Waals surface area contributed by atoms with Gasteiger partial charge in [0.1, 0.15) is 0 Å². The fraction of sp³-hybridized carbons (Fsp3) is 0.538. The van der Waals surface area contributed by atoms with E-state index in [-0.39, 0.29) is 6.61 Å². The molecule has 3 N–H and O–H groups in total. The molecule has 0 spiro atoms. The highest BCUT2D eigenvalue weighted by atomic mass is 79.9. The summed E-state index contributed by atoms with van der Waals surface area (Å²) < 4.78 is 1.11. The Hall–Kier alpha value is -0.420. The second-order valence-electron chi connectivity index (χ2n) is 4.66. The molecule has 1 fully saturated rings. The molecule has 0 aliphatic heterocycles. The highest BCUT2D eigenvalue weighted by Gasteiger charge is 2.29. The third kappa shape index (κ3) is 3.52. The third-order valence-electron chi connectivity index (χ3n) is 3.33. The van der Waals surface area contributed by atoms with Crippen LogP contribution in [0.15, 0.2) is 28.7 Å². The number of aliphatic hydroxyl groups excluding tert-OH is 2. The highest BCUT2D eigenvalue weighted by Crippen LogP contribution is 2.37. The van der Waals surface area contributed by atoms with Gasteiger partial charge in [-0.1, -0.05) is 28.1 Å². The molecular weight excluding hydrogens is 282 g/mol. The predicted molar refractivity (Wildman–Crippen MR) is 71.0 cm³/mol. The highest BCUT2D eigenvalue weighted by molar-refractivity contribution is 9.10. The zero-order valence-corrected chi connectivity index (χ0v) is 11.2. The van der Waals surface area contributed by atoms with Crippen molar-refractivity contribution in [2.24, 2.45) is 0 Å². The first-order valence-electron chi connectivity index (χ1n) is 5.97. The minimum atomic E-state index is -0.637. The first-order valence-corrected chi connectivity index (χ1v) is 6.76. The summed E-state index contributed by atoms with van der Waals surface area (Å²) in [5, 5.41) is 21.2. The van der Waals surface area contributed by atoms with Gasteiger partial charge in [0.25, 0.3) is 0 Å². The molecule has 0 amide bonds. The molecule has 0 bridgehead atoms. The molecule has 1 saturated carbocycles. The molecule has 2 rings (SSSR count). The van der Waals surface area contributed by atoms with Gasteiger partial charge in [0, 0.05) is 17.1 Å². The monoisotopic (exact) mass is 299 g/mol. The maximum Gasteiger partial charge on any atom is 0.0895 e. The van der Waals surface area contributed by atoms with Gasteiger partial charge in [-0.3, -0.25) is 0 Å². The average molecular weight is 300 g/mol. The topological polar surface area (TPSA) is 52.5 Å². The fourth-order valence-corrected chi connectivity index (χ4v) is 2.42. The molecule has 1 aliphatic carbocycles. The Morgan fingerprint density at radius 1 is 1.29 bits per heavy atom. The normalized spacial score (nSPS) is 25.4. The summed E-state index contributed by atoms with van der Waals surface area (Å²) in [6, 6.07) is 8.95. The number of benzene rings is 1. The van der Waals surface area contributed by atoms with Gasteiger partial charge >= 0.3 is 0 Å². The molecule has 3 nitrogen and oxygen atoms in total. The molecule has 0 saturated heterocycles. The largest absolute Gasteiger partial charge is 0.394 e. The fourth-order valence-electron chi connectivity index (χ4n) is 2.16. The first-order chi connectivity index (χ1) is 8.19. The van der Waals surface area contributed by atoms with E-state index in [1.54, 1.807) is 0 Å². The van der Waals surface area contributed by atoms with Crippen LogP contribution in [0.4, 0.5) is 0 Å². The molecule has 0 heterocycles. The second kappa shape index (κ2) is 5.96. The van der Waals surface area contributed by atoms with Gasteiger partial charge in [-0.15, -0.1) is 0 Å². The Morgan fingerprint density at radius 3 is 2.53 bits per heavy atom. The Morgan fingerprint density at radius 2 is 1.94 bits per heavy atom. The van der Waals surface area contributed by atoms with Crippen molar-refractivity contribution >= 4 is 15.9 Å². The molecule has 4 heteroatoms. The summed E-state index contributed by atoms with van der Waals surface area (Å²) in [5.74, 6) is 0.631. The Bertz CT molecular complexity index is 349. The Labute approximate surface area is 110 Å². The van der Waals surface area contributed by atoms with E-state index in [1.165, 1.54) is 5.56 Å². The van der Waals surface area contributed by atoms with Crippen molar-refractivity contribution in [1.29, 1.82) is 0 Å². The van der Waals surface area contributed by atoms with E-state index in [0.717, 1.165) is 17.3 Å². The lowest BCUT2D eigenvalue weighted by Gasteiger charge is -2.36. The molecular formula is C13H18BrNO2. The first kappa shape index (κ1) is 13.0. The van der Waals surface area contributed by atoms with E-state index in [1.807, 2.05) is 0 Å². The molecule has 1 aromatic rings. The summed E-state index contributed by atoms with van der Waals surface area (Å²) in [7, 11) is 0. The van der Waals surface area contributed by atoms with Crippen LogP contribution in [0.5, 0.6) is 0 Å². The van der Waals surface area contributed by atoms with Crippen LogP contribution in [-0.4, -0.2) is 35.5 Å². The van der Waals surface area contributed by atoms with Gasteiger partial charge in [-0.2, -0.15) is 0 Å². The number of nitrogens with one attached hydrogen (secondary N) is 1. The number of halogens is 1. The Balaban J connectivity index is 1.73. The molecule has 1 aliphatic rings. The molecule has 1 unspecified atom stereocenters. The number of hydrogen-bond donors (Lipinski definition) is 3. The van der Waals surface area contributed by atoms with Crippen LogP contribution >= 0.6 is 15.9 Å². The number of hydrogen-bond acceptors (Lipinski definition) is 3. The molecule has 94 valence electrons. The lowest BCUT2D eigenvalue weighted by Crippen LogP contribution is -2.44. The summed E-state index contributed by atoms with van der Waals surface area (Å²) in [6.07, 6.45) is 1.58. The van der Waals surface area contributed by atoms with Gasteiger partial charge < -0.3 is 15.5 Å². The van der Waals surface area contributed by atoms with Crippen molar-refractivity contribution in [3.63, 3.8) is 0 Å². The van der Waals surface area contributed by atoms with E-state index in [0.29, 0.717) is 18.5 Å². The van der Waals surface area contributed by atoms with Gasteiger partial charge in [0.05, 0.1) is 12.7 Å². The third-order valence-corrected chi connectivity index (χ3v) is 3.86. The van der Waals surface area contributed by atoms with E-state index in [4.69, 9.17) is 5.11 Å². The number of aliphatic hydroxyl groups is 2. The molecule has 0 aromatic heterocycles. The van der Waals surface area contributed by atoms with Crippen molar-refractivity contribution in [1.82, 2.24) is 5.32 Å². The van der Waals surface area contributed by atoms with Crippen LogP contribution in [0.3, 0.4) is 0 Å². The van der Waals surface area contributed by atoms with E-state index >= 15 is 0 Å². The van der Waals surface area contributed by atoms with Crippen molar-refractivity contribution < 1.29 is 10.2 Å². The predicted octanol–water partition coefficient (Wildman–Crippen LogP) is 1.64. The minimum absolute atomic E-state index is 0.171. The van der Waals surface area contributed by atoms with Crippen LogP contribution < -0.4 is 5.32 Å². The van der Waals surface area contributed by atoms with E-state index in [9.17, 15) is 5.11 Å². The summed E-state index contributed by atoms with van der Waals surface area (Å²) >= 11 is 3.43. The van der Waals surface area contributed by atoms with Gasteiger partial charge in [0.15, 0.2) is 0 Å². The Kier molecular flexibility index (Phi) is 4.56. The zero-order chi connectivity index (χ0) is 12.3. The average Bonchev–Trinajstić information content (AvgIpc) is 2.29. The van der Waals surface area contributed by atoms with Crippen molar-refractivity contribution in [3.8, 4) is 0 Å². The maximum atomic E-state index is 9.22. The molecule has 1 aromatic carbocycles. The zero-order valence-electron chi connectivity index (χ0n) is 9.64. The minimum Gasteiger partial charge on any atom is -0.394 e. The van der Waals surface area contributed by atoms with Crippen LogP contribution in [0.2, 0.25) is 0 Å². The van der Waals surface area contributed by atoms with Crippen LogP contribution in [-0.2, 0) is 0 Å². The van der Waals surface area contributed by atoms with Gasteiger partial charge in [-0.05, 0) is 36.5 Å². The quantitative estimate of drug-likeness (QED) is 0.775. The lowest BCUT2D eigenvalue weighted by molar-refractivity contribution is 0.0872. The summed E-state index contributed by atoms with van der Waals surface area (Å²) in [4.78, 5) is 0. The van der Waals surface area contributed by atoms with E-state index < -0.39 is 6.10 Å². The van der Waals surface area contributed by atoms with Crippen LogP contribution in [0, 0.1) is 0 Å².